The number of nitrogens with zero attached hydrogens (tertiary/aromatic N) is 3. The van der Waals surface area contributed by atoms with Crippen LogP contribution >= 0.6 is 33.5 Å². The zero-order chi connectivity index (χ0) is 24.3. The maximum absolute atomic E-state index is 12.4. The predicted molar refractivity (Wildman–Crippen MR) is 139 cm³/mol. The van der Waals surface area contributed by atoms with Gasteiger partial charge in [0.1, 0.15) is 11.6 Å². The summed E-state index contributed by atoms with van der Waals surface area (Å²) in [4.78, 5) is 24.8. The van der Waals surface area contributed by atoms with Gasteiger partial charge in [-0.2, -0.15) is 10.6 Å². The molecule has 0 radical (unpaired) electrons. The highest BCUT2D eigenvalue weighted by molar-refractivity contribution is 8.23. The van der Waals surface area contributed by atoms with Crippen LogP contribution in [0.5, 0.6) is 5.75 Å². The van der Waals surface area contributed by atoms with Crippen LogP contribution in [-0.4, -0.2) is 43.7 Å². The molecule has 6 rings (SSSR count). The average Bonchev–Trinajstić information content (AvgIpc) is 3.21. The zero-order valence-electron chi connectivity index (χ0n) is 19.0. The van der Waals surface area contributed by atoms with Gasteiger partial charge in [0.15, 0.2) is 11.9 Å². The van der Waals surface area contributed by atoms with Crippen molar-refractivity contribution in [2.45, 2.75) is 49.8 Å². The Hall–Kier alpha value is -2.37. The molecule has 2 aromatic heterocycles. The number of thiophene rings is 1. The fourth-order valence-electron chi connectivity index (χ4n) is 4.51. The first-order chi connectivity index (χ1) is 16.8. The fourth-order valence-corrected chi connectivity index (χ4v) is 7.02. The van der Waals surface area contributed by atoms with Crippen molar-refractivity contribution in [3.63, 3.8) is 0 Å². The molecule has 0 saturated heterocycles. The molecule has 1 fully saturated rings. The van der Waals surface area contributed by atoms with Gasteiger partial charge in [-0.3, -0.25) is 13.9 Å². The third kappa shape index (κ3) is 4.61. The molecule has 11 heteroatoms. The van der Waals surface area contributed by atoms with E-state index in [1.54, 1.807) is 13.0 Å². The molecule has 4 heterocycles. The quantitative estimate of drug-likeness (QED) is 0.392. The predicted octanol–water partition coefficient (Wildman–Crippen LogP) is 5.36. The van der Waals surface area contributed by atoms with Crippen LogP contribution in [0.3, 0.4) is 0 Å². The summed E-state index contributed by atoms with van der Waals surface area (Å²) in [5.74, 6) is 1.98. The van der Waals surface area contributed by atoms with Gasteiger partial charge in [0.2, 0.25) is 0 Å². The minimum absolute atomic E-state index is 0.108. The number of nitrogens with one attached hydrogen (secondary N) is 1. The SMILES string of the molecule is CC(Oc1ccc2c(c1)N(c1nc(-c3ccc(Cl)s3)nc3c1CS(O)(O)C3)CC2)C(=O)NC1CC1. The van der Waals surface area contributed by atoms with Gasteiger partial charge in [-0.05, 0) is 49.9 Å². The van der Waals surface area contributed by atoms with Gasteiger partial charge in [-0.25, -0.2) is 9.97 Å². The highest BCUT2D eigenvalue weighted by Gasteiger charge is 2.35. The number of halogens is 1. The van der Waals surface area contributed by atoms with Gasteiger partial charge in [-0.1, -0.05) is 17.7 Å². The van der Waals surface area contributed by atoms with Crippen molar-refractivity contribution in [2.24, 2.45) is 0 Å². The zero-order valence-corrected chi connectivity index (χ0v) is 21.4. The Morgan fingerprint density at radius 3 is 2.83 bits per heavy atom. The van der Waals surface area contributed by atoms with E-state index in [1.165, 1.54) is 11.3 Å². The van der Waals surface area contributed by atoms with Crippen LogP contribution in [0.4, 0.5) is 11.5 Å². The minimum atomic E-state index is -2.79. The first kappa shape index (κ1) is 23.1. The number of anilines is 2. The van der Waals surface area contributed by atoms with E-state index in [2.05, 4.69) is 15.2 Å². The molecule has 8 nitrogen and oxygen atoms in total. The molecule has 3 N–H and O–H groups in total. The van der Waals surface area contributed by atoms with E-state index in [9.17, 15) is 13.9 Å². The van der Waals surface area contributed by atoms with Gasteiger partial charge < -0.3 is 15.0 Å². The first-order valence-corrected chi connectivity index (χ1v) is 14.6. The van der Waals surface area contributed by atoms with Crippen molar-refractivity contribution in [3.8, 4) is 16.5 Å². The van der Waals surface area contributed by atoms with E-state index in [0.717, 1.165) is 41.0 Å². The second-order valence-corrected chi connectivity index (χ2v) is 13.1. The topological polar surface area (TPSA) is 108 Å². The van der Waals surface area contributed by atoms with E-state index < -0.39 is 16.7 Å². The molecule has 2 aliphatic heterocycles. The Kier molecular flexibility index (Phi) is 5.69. The van der Waals surface area contributed by atoms with Crippen molar-refractivity contribution in [2.75, 3.05) is 11.4 Å². The largest absolute Gasteiger partial charge is 0.481 e. The van der Waals surface area contributed by atoms with Crippen LogP contribution < -0.4 is 15.0 Å². The second kappa shape index (κ2) is 8.63. The lowest BCUT2D eigenvalue weighted by Crippen LogP contribution is -2.37. The average molecular weight is 533 g/mol. The van der Waals surface area contributed by atoms with Crippen LogP contribution in [-0.2, 0) is 22.7 Å². The first-order valence-electron chi connectivity index (χ1n) is 11.5. The summed E-state index contributed by atoms with van der Waals surface area (Å²) in [6.07, 6.45) is 2.28. The van der Waals surface area contributed by atoms with Crippen LogP contribution in [0, 0.1) is 0 Å². The number of aromatic nitrogens is 2. The summed E-state index contributed by atoms with van der Waals surface area (Å²) in [7, 11) is -2.79. The maximum atomic E-state index is 12.4. The molecular formula is C24H25ClN4O4S2. The summed E-state index contributed by atoms with van der Waals surface area (Å²) in [6.45, 7) is 2.45. The third-order valence-electron chi connectivity index (χ3n) is 6.42. The standard InChI is InChI=1S/C24H25ClN4O4S2/c1-13(24(30)26-15-3-4-15)33-16-5-2-14-8-9-29(19(14)10-16)23-17-11-35(31,32)12-18(17)27-22(28-23)20-6-7-21(25)34-20/h2,5-7,10,13,15,31-32H,3-4,8-9,11-12H2,1H3,(H,26,30). The third-order valence-corrected chi connectivity index (χ3v) is 9.14. The lowest BCUT2D eigenvalue weighted by Gasteiger charge is -2.26. The number of amides is 1. The molecule has 1 aromatic carbocycles. The van der Waals surface area contributed by atoms with Gasteiger partial charge in [0.05, 0.1) is 26.4 Å². The highest BCUT2D eigenvalue weighted by Crippen LogP contribution is 2.55. The second-order valence-electron chi connectivity index (χ2n) is 9.23. The number of hydrogen-bond acceptors (Lipinski definition) is 8. The number of hydrogen-bond donors (Lipinski definition) is 3. The smallest absolute Gasteiger partial charge is 0.260 e. The lowest BCUT2D eigenvalue weighted by molar-refractivity contribution is -0.127. The van der Waals surface area contributed by atoms with Crippen molar-refractivity contribution in [1.82, 2.24) is 15.3 Å². The molecule has 1 amide bonds. The van der Waals surface area contributed by atoms with Crippen molar-refractivity contribution in [1.29, 1.82) is 0 Å². The van der Waals surface area contributed by atoms with Crippen molar-refractivity contribution < 1.29 is 18.6 Å². The van der Waals surface area contributed by atoms with Crippen LogP contribution in [0.25, 0.3) is 10.7 Å². The number of carbonyl (C=O) groups is 1. The Balaban J connectivity index is 1.35. The number of fused-ring (bicyclic) bond motifs is 2. The fraction of sp³-hybridized carbons (Fsp3) is 0.375. The van der Waals surface area contributed by atoms with Crippen LogP contribution in [0.1, 0.15) is 36.6 Å². The molecule has 0 spiro atoms. The molecule has 1 saturated carbocycles. The molecule has 1 aliphatic carbocycles. The molecule has 1 atom stereocenters. The van der Waals surface area contributed by atoms with Gasteiger partial charge in [0.25, 0.3) is 5.91 Å². The van der Waals surface area contributed by atoms with Crippen LogP contribution in [0.15, 0.2) is 30.3 Å². The molecular weight excluding hydrogens is 508 g/mol. The molecule has 3 aromatic rings. The summed E-state index contributed by atoms with van der Waals surface area (Å²) in [6, 6.07) is 9.81. The van der Waals surface area contributed by atoms with E-state index in [4.69, 9.17) is 21.3 Å². The number of carbonyl (C=O) groups excluding carboxylic acids is 1. The Morgan fingerprint density at radius 1 is 1.26 bits per heavy atom. The Labute approximate surface area is 213 Å². The maximum Gasteiger partial charge on any atom is 0.260 e. The Bertz CT molecular complexity index is 1330. The summed E-state index contributed by atoms with van der Waals surface area (Å²) < 4.78 is 27.6. The summed E-state index contributed by atoms with van der Waals surface area (Å²) in [5.41, 5.74) is 3.52. The van der Waals surface area contributed by atoms with Crippen LogP contribution in [0.2, 0.25) is 4.34 Å². The summed E-state index contributed by atoms with van der Waals surface area (Å²) in [5, 5.41) is 2.98. The summed E-state index contributed by atoms with van der Waals surface area (Å²) >= 11 is 7.54. The van der Waals surface area contributed by atoms with Gasteiger partial charge in [0, 0.05) is 29.9 Å². The van der Waals surface area contributed by atoms with E-state index in [-0.39, 0.29) is 23.5 Å². The van der Waals surface area contributed by atoms with E-state index in [1.807, 2.05) is 24.3 Å². The Morgan fingerprint density at radius 2 is 2.09 bits per heavy atom. The molecule has 3 aliphatic rings. The molecule has 184 valence electrons. The highest BCUT2D eigenvalue weighted by atomic mass is 35.5. The lowest BCUT2D eigenvalue weighted by atomic mass is 10.1. The molecule has 1 unspecified atom stereocenters. The molecule has 35 heavy (non-hydrogen) atoms. The van der Waals surface area contributed by atoms with E-state index >= 15 is 0 Å². The minimum Gasteiger partial charge on any atom is -0.481 e. The molecule has 0 bridgehead atoms. The van der Waals surface area contributed by atoms with Gasteiger partial charge >= 0.3 is 0 Å². The number of ether oxygens (including phenoxy) is 1. The van der Waals surface area contributed by atoms with Gasteiger partial charge in [-0.15, -0.1) is 11.3 Å². The number of benzene rings is 1. The van der Waals surface area contributed by atoms with Crippen molar-refractivity contribution >= 4 is 50.9 Å². The van der Waals surface area contributed by atoms with E-state index in [0.29, 0.717) is 34.0 Å². The van der Waals surface area contributed by atoms with Crippen molar-refractivity contribution in [3.05, 3.63) is 51.5 Å². The normalized spacial score (nSPS) is 19.7. The monoisotopic (exact) mass is 532 g/mol. The number of rotatable bonds is 6.